The molecule has 168 valence electrons. The Hall–Kier alpha value is -2.12. The molecule has 0 saturated carbocycles. The smallest absolute Gasteiger partial charge is 0.253 e. The Bertz CT molecular complexity index is 676. The van der Waals surface area contributed by atoms with Crippen molar-refractivity contribution in [3.05, 3.63) is 29.8 Å². The number of nitrogens with one attached hydrogen (secondary N) is 3. The lowest BCUT2D eigenvalue weighted by Gasteiger charge is -2.30. The van der Waals surface area contributed by atoms with E-state index in [2.05, 4.69) is 53.5 Å². The first kappa shape index (κ1) is 24.2. The van der Waals surface area contributed by atoms with E-state index >= 15 is 0 Å². The molecule has 0 aromatic heterocycles. The summed E-state index contributed by atoms with van der Waals surface area (Å²) in [6, 6.07) is 8.97. The van der Waals surface area contributed by atoms with E-state index in [-0.39, 0.29) is 12.0 Å². The SMILES string of the molecule is CN=C(NCCCN(C(C)C)C(C)C)NCc1cccc(NC(=O)C2CCCO2)c1. The number of ether oxygens (including phenoxy) is 1. The van der Waals surface area contributed by atoms with Gasteiger partial charge in [-0.3, -0.25) is 14.7 Å². The number of nitrogens with zero attached hydrogens (tertiary/aromatic N) is 2. The minimum atomic E-state index is -0.322. The molecule has 1 atom stereocenters. The second-order valence-electron chi connectivity index (χ2n) is 8.32. The van der Waals surface area contributed by atoms with Gasteiger partial charge in [0, 0.05) is 51.1 Å². The maximum absolute atomic E-state index is 12.2. The van der Waals surface area contributed by atoms with E-state index in [9.17, 15) is 4.79 Å². The van der Waals surface area contributed by atoms with Crippen LogP contribution in [0.15, 0.2) is 29.3 Å². The number of hydrogen-bond donors (Lipinski definition) is 3. The van der Waals surface area contributed by atoms with Gasteiger partial charge in [-0.2, -0.15) is 0 Å². The Labute approximate surface area is 181 Å². The first-order valence-corrected chi connectivity index (χ1v) is 11.1. The lowest BCUT2D eigenvalue weighted by Crippen LogP contribution is -2.41. The molecule has 30 heavy (non-hydrogen) atoms. The molecule has 1 aromatic rings. The fourth-order valence-electron chi connectivity index (χ4n) is 3.75. The number of amides is 1. The van der Waals surface area contributed by atoms with Crippen molar-refractivity contribution in [1.82, 2.24) is 15.5 Å². The van der Waals surface area contributed by atoms with E-state index in [0.29, 0.717) is 25.2 Å². The number of aliphatic imine (C=N–C) groups is 1. The molecule has 0 bridgehead atoms. The quantitative estimate of drug-likeness (QED) is 0.310. The third-order valence-electron chi connectivity index (χ3n) is 5.31. The molecule has 1 aliphatic heterocycles. The van der Waals surface area contributed by atoms with Crippen LogP contribution in [0.2, 0.25) is 0 Å². The molecule has 0 spiro atoms. The van der Waals surface area contributed by atoms with Crippen LogP contribution >= 0.6 is 0 Å². The van der Waals surface area contributed by atoms with Gasteiger partial charge in [0.05, 0.1) is 0 Å². The number of guanidine groups is 1. The van der Waals surface area contributed by atoms with Crippen LogP contribution in [0.25, 0.3) is 0 Å². The summed E-state index contributed by atoms with van der Waals surface area (Å²) < 4.78 is 5.45. The first-order chi connectivity index (χ1) is 14.4. The molecule has 1 aliphatic rings. The average Bonchev–Trinajstić information content (AvgIpc) is 3.25. The van der Waals surface area contributed by atoms with Gasteiger partial charge in [-0.15, -0.1) is 0 Å². The molecule has 1 unspecified atom stereocenters. The molecule has 1 heterocycles. The molecule has 1 amide bonds. The number of carbonyl (C=O) groups is 1. The van der Waals surface area contributed by atoms with Crippen LogP contribution in [0.1, 0.15) is 52.5 Å². The lowest BCUT2D eigenvalue weighted by atomic mass is 10.2. The Morgan fingerprint density at radius 1 is 1.23 bits per heavy atom. The number of anilines is 1. The van der Waals surface area contributed by atoms with Gasteiger partial charge in [-0.05, 0) is 64.7 Å². The van der Waals surface area contributed by atoms with Gasteiger partial charge in [0.2, 0.25) is 0 Å². The fourth-order valence-corrected chi connectivity index (χ4v) is 3.75. The van der Waals surface area contributed by atoms with Crippen molar-refractivity contribution in [2.75, 3.05) is 32.1 Å². The molecule has 7 nitrogen and oxygen atoms in total. The highest BCUT2D eigenvalue weighted by Gasteiger charge is 2.23. The molecule has 3 N–H and O–H groups in total. The van der Waals surface area contributed by atoms with Gasteiger partial charge in [0.25, 0.3) is 5.91 Å². The summed E-state index contributed by atoms with van der Waals surface area (Å²) in [4.78, 5) is 19.0. The third kappa shape index (κ3) is 7.95. The lowest BCUT2D eigenvalue weighted by molar-refractivity contribution is -0.124. The van der Waals surface area contributed by atoms with Crippen LogP contribution in [0.5, 0.6) is 0 Å². The van der Waals surface area contributed by atoms with E-state index in [1.54, 1.807) is 7.05 Å². The van der Waals surface area contributed by atoms with Crippen LogP contribution in [-0.2, 0) is 16.1 Å². The molecular formula is C23H39N5O2. The zero-order chi connectivity index (χ0) is 21.9. The molecule has 7 heteroatoms. The van der Waals surface area contributed by atoms with Gasteiger partial charge < -0.3 is 20.7 Å². The van der Waals surface area contributed by atoms with E-state index in [1.807, 2.05) is 24.3 Å². The predicted molar refractivity (Wildman–Crippen MR) is 124 cm³/mol. The Kier molecular flexibility index (Phi) is 10.1. The van der Waals surface area contributed by atoms with Crippen molar-refractivity contribution in [3.8, 4) is 0 Å². The van der Waals surface area contributed by atoms with Crippen molar-refractivity contribution >= 4 is 17.6 Å². The molecule has 0 aliphatic carbocycles. The van der Waals surface area contributed by atoms with Crippen LogP contribution in [0.4, 0.5) is 5.69 Å². The highest BCUT2D eigenvalue weighted by atomic mass is 16.5. The first-order valence-electron chi connectivity index (χ1n) is 11.1. The van der Waals surface area contributed by atoms with Crippen LogP contribution in [0, 0.1) is 0 Å². The summed E-state index contributed by atoms with van der Waals surface area (Å²) in [5.41, 5.74) is 1.87. The molecule has 0 radical (unpaired) electrons. The molecular weight excluding hydrogens is 378 g/mol. The Morgan fingerprint density at radius 3 is 2.63 bits per heavy atom. The monoisotopic (exact) mass is 417 g/mol. The van der Waals surface area contributed by atoms with E-state index < -0.39 is 0 Å². The largest absolute Gasteiger partial charge is 0.368 e. The van der Waals surface area contributed by atoms with Crippen LogP contribution in [-0.4, -0.2) is 61.7 Å². The molecule has 1 aromatic carbocycles. The summed E-state index contributed by atoms with van der Waals surface area (Å²) in [6.07, 6.45) is 2.47. The minimum absolute atomic E-state index is 0.0630. The number of carbonyl (C=O) groups excluding carboxylic acids is 1. The van der Waals surface area contributed by atoms with Crippen molar-refractivity contribution in [1.29, 1.82) is 0 Å². The second kappa shape index (κ2) is 12.5. The van der Waals surface area contributed by atoms with Gasteiger partial charge in [-0.1, -0.05) is 12.1 Å². The number of hydrogen-bond acceptors (Lipinski definition) is 4. The van der Waals surface area contributed by atoms with Gasteiger partial charge in [-0.25, -0.2) is 0 Å². The molecule has 2 rings (SSSR count). The number of rotatable bonds is 10. The number of benzene rings is 1. The summed E-state index contributed by atoms with van der Waals surface area (Å²) in [6.45, 7) is 12.2. The van der Waals surface area contributed by atoms with Gasteiger partial charge in [0.15, 0.2) is 5.96 Å². The summed E-state index contributed by atoms with van der Waals surface area (Å²) in [5.74, 6) is 0.719. The minimum Gasteiger partial charge on any atom is -0.368 e. The van der Waals surface area contributed by atoms with E-state index in [1.165, 1.54) is 0 Å². The van der Waals surface area contributed by atoms with Gasteiger partial charge >= 0.3 is 0 Å². The Balaban J connectivity index is 1.76. The zero-order valence-corrected chi connectivity index (χ0v) is 19.2. The summed E-state index contributed by atoms with van der Waals surface area (Å²) >= 11 is 0. The van der Waals surface area contributed by atoms with Crippen LogP contribution < -0.4 is 16.0 Å². The van der Waals surface area contributed by atoms with Crippen LogP contribution in [0.3, 0.4) is 0 Å². The fraction of sp³-hybridized carbons (Fsp3) is 0.652. The second-order valence-corrected chi connectivity index (χ2v) is 8.32. The Morgan fingerprint density at radius 2 is 2.00 bits per heavy atom. The zero-order valence-electron chi connectivity index (χ0n) is 19.2. The topological polar surface area (TPSA) is 78.0 Å². The van der Waals surface area contributed by atoms with Crippen molar-refractivity contribution in [3.63, 3.8) is 0 Å². The molecule has 1 fully saturated rings. The average molecular weight is 418 g/mol. The van der Waals surface area contributed by atoms with E-state index in [4.69, 9.17) is 4.74 Å². The standard InChI is InChI=1S/C23H39N5O2/c1-17(2)28(18(3)4)13-8-12-25-23(24-5)26-16-19-9-6-10-20(15-19)27-22(29)21-11-7-14-30-21/h6,9-10,15,17-18,21H,7-8,11-14,16H2,1-5H3,(H,27,29)(H2,24,25,26). The maximum Gasteiger partial charge on any atom is 0.253 e. The van der Waals surface area contributed by atoms with E-state index in [0.717, 1.165) is 49.6 Å². The van der Waals surface area contributed by atoms with Gasteiger partial charge in [0.1, 0.15) is 6.10 Å². The van der Waals surface area contributed by atoms with Crippen molar-refractivity contribution in [2.24, 2.45) is 4.99 Å². The van der Waals surface area contributed by atoms with Crippen molar-refractivity contribution < 1.29 is 9.53 Å². The molecule has 1 saturated heterocycles. The summed E-state index contributed by atoms with van der Waals surface area (Å²) in [7, 11) is 1.78. The maximum atomic E-state index is 12.2. The predicted octanol–water partition coefficient (Wildman–Crippen LogP) is 2.98. The third-order valence-corrected chi connectivity index (χ3v) is 5.31. The summed E-state index contributed by atoms with van der Waals surface area (Å²) in [5, 5.41) is 9.68. The highest BCUT2D eigenvalue weighted by Crippen LogP contribution is 2.16. The highest BCUT2D eigenvalue weighted by molar-refractivity contribution is 5.94. The van der Waals surface area contributed by atoms with Crippen molar-refractivity contribution in [2.45, 2.75) is 71.7 Å². The normalized spacial score (nSPS) is 17.1.